The summed E-state index contributed by atoms with van der Waals surface area (Å²) in [5, 5.41) is 3.64. The molecule has 3 heteroatoms. The predicted molar refractivity (Wildman–Crippen MR) is 59.3 cm³/mol. The summed E-state index contributed by atoms with van der Waals surface area (Å²) in [7, 11) is 0. The lowest BCUT2D eigenvalue weighted by molar-refractivity contribution is 0.276. The molecule has 1 unspecified atom stereocenters. The van der Waals surface area contributed by atoms with E-state index in [9.17, 15) is 0 Å². The molecule has 0 bridgehead atoms. The number of likely N-dealkylation sites (tertiary alicyclic amines) is 1. The molecule has 0 aromatic rings. The molecular formula is C11H23N3. The molecule has 0 radical (unpaired) electrons. The van der Waals surface area contributed by atoms with Gasteiger partial charge in [0.15, 0.2) is 0 Å². The molecule has 2 fully saturated rings. The zero-order chi connectivity index (χ0) is 10.0. The minimum atomic E-state index is 0.235. The fourth-order valence-corrected chi connectivity index (χ4v) is 2.43. The largest absolute Gasteiger partial charge is 0.329 e. The van der Waals surface area contributed by atoms with Crippen LogP contribution in [0.25, 0.3) is 0 Å². The molecule has 1 saturated carbocycles. The van der Waals surface area contributed by atoms with Crippen LogP contribution in [0.1, 0.15) is 32.6 Å². The lowest BCUT2D eigenvalue weighted by atomic mass is 9.99. The van der Waals surface area contributed by atoms with Crippen molar-refractivity contribution < 1.29 is 0 Å². The fraction of sp³-hybridized carbons (Fsp3) is 1.00. The minimum absolute atomic E-state index is 0.235. The summed E-state index contributed by atoms with van der Waals surface area (Å²) in [4.78, 5) is 2.62. The van der Waals surface area contributed by atoms with Crippen molar-refractivity contribution >= 4 is 0 Å². The molecule has 0 aromatic carbocycles. The van der Waals surface area contributed by atoms with Crippen LogP contribution in [0.2, 0.25) is 0 Å². The van der Waals surface area contributed by atoms with E-state index >= 15 is 0 Å². The molecule has 1 saturated heterocycles. The van der Waals surface area contributed by atoms with Crippen LogP contribution in [0.3, 0.4) is 0 Å². The number of nitrogens with zero attached hydrogens (tertiary/aromatic N) is 1. The second kappa shape index (κ2) is 4.17. The molecule has 1 aliphatic heterocycles. The molecule has 1 atom stereocenters. The molecular weight excluding hydrogens is 174 g/mol. The van der Waals surface area contributed by atoms with Gasteiger partial charge in [-0.25, -0.2) is 0 Å². The van der Waals surface area contributed by atoms with Crippen molar-refractivity contribution in [2.45, 2.75) is 44.2 Å². The number of nitrogens with one attached hydrogen (secondary N) is 1. The van der Waals surface area contributed by atoms with Gasteiger partial charge in [-0.05, 0) is 32.2 Å². The van der Waals surface area contributed by atoms with E-state index in [0.717, 1.165) is 19.1 Å². The van der Waals surface area contributed by atoms with E-state index in [1.807, 2.05) is 0 Å². The third kappa shape index (κ3) is 2.10. The Morgan fingerprint density at radius 2 is 2.29 bits per heavy atom. The Morgan fingerprint density at radius 3 is 2.86 bits per heavy atom. The van der Waals surface area contributed by atoms with E-state index in [-0.39, 0.29) is 5.54 Å². The number of hydrogen-bond donors (Lipinski definition) is 2. The third-order valence-corrected chi connectivity index (χ3v) is 3.59. The third-order valence-electron chi connectivity index (χ3n) is 3.59. The summed E-state index contributed by atoms with van der Waals surface area (Å²) >= 11 is 0. The highest BCUT2D eigenvalue weighted by molar-refractivity contribution is 5.02. The average Bonchev–Trinajstić information content (AvgIpc) is 2.98. The first kappa shape index (κ1) is 10.4. The maximum atomic E-state index is 5.90. The van der Waals surface area contributed by atoms with E-state index in [1.165, 1.54) is 38.8 Å². The maximum Gasteiger partial charge on any atom is 0.0444 e. The molecule has 2 aliphatic rings. The summed E-state index contributed by atoms with van der Waals surface area (Å²) in [6.07, 6.45) is 5.26. The minimum Gasteiger partial charge on any atom is -0.329 e. The molecule has 3 nitrogen and oxygen atoms in total. The van der Waals surface area contributed by atoms with Crippen LogP contribution in [0.5, 0.6) is 0 Å². The number of nitrogens with two attached hydrogens (primary N) is 1. The molecule has 1 aliphatic carbocycles. The molecule has 1 heterocycles. The summed E-state index contributed by atoms with van der Waals surface area (Å²) in [6.45, 7) is 6.53. The number of rotatable bonds is 5. The van der Waals surface area contributed by atoms with Crippen LogP contribution in [0.15, 0.2) is 0 Å². The Hall–Kier alpha value is -0.120. The topological polar surface area (TPSA) is 41.3 Å². The van der Waals surface area contributed by atoms with Crippen LogP contribution >= 0.6 is 0 Å². The monoisotopic (exact) mass is 197 g/mol. The first-order chi connectivity index (χ1) is 6.79. The van der Waals surface area contributed by atoms with Gasteiger partial charge in [0, 0.05) is 31.2 Å². The highest BCUT2D eigenvalue weighted by Gasteiger charge is 2.41. The Balaban J connectivity index is 1.86. The van der Waals surface area contributed by atoms with Crippen molar-refractivity contribution in [3.63, 3.8) is 0 Å². The van der Waals surface area contributed by atoms with Crippen LogP contribution in [-0.4, -0.2) is 42.7 Å². The maximum absolute atomic E-state index is 5.90. The molecule has 14 heavy (non-hydrogen) atoms. The van der Waals surface area contributed by atoms with Gasteiger partial charge in [-0.15, -0.1) is 0 Å². The van der Waals surface area contributed by atoms with E-state index < -0.39 is 0 Å². The molecule has 0 aromatic heterocycles. The predicted octanol–water partition coefficient (Wildman–Crippen LogP) is 0.552. The summed E-state index contributed by atoms with van der Waals surface area (Å²) < 4.78 is 0. The van der Waals surface area contributed by atoms with E-state index in [0.29, 0.717) is 0 Å². The van der Waals surface area contributed by atoms with E-state index in [2.05, 4.69) is 17.1 Å². The van der Waals surface area contributed by atoms with Gasteiger partial charge in [-0.2, -0.15) is 0 Å². The highest BCUT2D eigenvalue weighted by atomic mass is 15.3. The lowest BCUT2D eigenvalue weighted by Crippen LogP contribution is -2.53. The van der Waals surface area contributed by atoms with Gasteiger partial charge in [0.05, 0.1) is 0 Å². The lowest BCUT2D eigenvalue weighted by Gasteiger charge is -2.29. The Kier molecular flexibility index (Phi) is 3.10. The first-order valence-electron chi connectivity index (χ1n) is 5.99. The van der Waals surface area contributed by atoms with Gasteiger partial charge >= 0.3 is 0 Å². The Morgan fingerprint density at radius 1 is 1.50 bits per heavy atom. The van der Waals surface area contributed by atoms with Crippen molar-refractivity contribution in [1.82, 2.24) is 10.2 Å². The Labute approximate surface area is 87.0 Å². The van der Waals surface area contributed by atoms with Crippen molar-refractivity contribution in [1.29, 1.82) is 0 Å². The van der Waals surface area contributed by atoms with Crippen LogP contribution in [-0.2, 0) is 0 Å². The van der Waals surface area contributed by atoms with Crippen LogP contribution in [0, 0.1) is 0 Å². The van der Waals surface area contributed by atoms with E-state index in [4.69, 9.17) is 5.73 Å². The molecule has 0 spiro atoms. The highest BCUT2D eigenvalue weighted by Crippen LogP contribution is 2.32. The van der Waals surface area contributed by atoms with Crippen molar-refractivity contribution in [3.05, 3.63) is 0 Å². The fourth-order valence-electron chi connectivity index (χ4n) is 2.43. The molecule has 82 valence electrons. The van der Waals surface area contributed by atoms with Crippen molar-refractivity contribution in [2.24, 2.45) is 5.73 Å². The zero-order valence-corrected chi connectivity index (χ0v) is 9.26. The molecule has 2 rings (SSSR count). The van der Waals surface area contributed by atoms with E-state index in [1.54, 1.807) is 0 Å². The van der Waals surface area contributed by atoms with Gasteiger partial charge in [-0.3, -0.25) is 4.90 Å². The molecule has 3 N–H and O–H groups in total. The molecule has 0 amide bonds. The normalized spacial score (nSPS) is 33.9. The van der Waals surface area contributed by atoms with Gasteiger partial charge in [0.2, 0.25) is 0 Å². The Bertz CT molecular complexity index is 191. The second-order valence-electron chi connectivity index (χ2n) is 4.86. The zero-order valence-electron chi connectivity index (χ0n) is 9.26. The SMILES string of the molecule is CCCNC1(CN)CCN(C2CC2)C1. The van der Waals surface area contributed by atoms with Crippen molar-refractivity contribution in [3.8, 4) is 0 Å². The van der Waals surface area contributed by atoms with Crippen LogP contribution in [0.4, 0.5) is 0 Å². The van der Waals surface area contributed by atoms with Crippen molar-refractivity contribution in [2.75, 3.05) is 26.2 Å². The quantitative estimate of drug-likeness (QED) is 0.676. The van der Waals surface area contributed by atoms with Gasteiger partial charge < -0.3 is 11.1 Å². The summed E-state index contributed by atoms with van der Waals surface area (Å²) in [5.41, 5.74) is 6.14. The summed E-state index contributed by atoms with van der Waals surface area (Å²) in [5.74, 6) is 0. The van der Waals surface area contributed by atoms with Gasteiger partial charge in [0.25, 0.3) is 0 Å². The summed E-state index contributed by atoms with van der Waals surface area (Å²) in [6, 6.07) is 0.895. The van der Waals surface area contributed by atoms with Gasteiger partial charge in [-0.1, -0.05) is 6.92 Å². The second-order valence-corrected chi connectivity index (χ2v) is 4.86. The standard InChI is InChI=1S/C11H23N3/c1-2-6-13-11(8-12)5-7-14(9-11)10-3-4-10/h10,13H,2-9,12H2,1H3. The average molecular weight is 197 g/mol. The smallest absolute Gasteiger partial charge is 0.0444 e. The van der Waals surface area contributed by atoms with Crippen LogP contribution < -0.4 is 11.1 Å². The first-order valence-corrected chi connectivity index (χ1v) is 5.99. The number of hydrogen-bond acceptors (Lipinski definition) is 3. The van der Waals surface area contributed by atoms with Gasteiger partial charge in [0.1, 0.15) is 0 Å².